The smallest absolute Gasteiger partial charge is 0.242 e. The predicted octanol–water partition coefficient (Wildman–Crippen LogP) is 24.1. The Morgan fingerprint density at radius 2 is 0.519 bits per heavy atom. The first kappa shape index (κ1) is 121. The number of rotatable bonds is 31. The number of sulfonamides is 7. The Kier molecular flexibility index (Phi) is 45.8. The van der Waals surface area contributed by atoms with Crippen LogP contribution in [0, 0.1) is 27.7 Å². The third-order valence-electron chi connectivity index (χ3n) is 21.8. The van der Waals surface area contributed by atoms with Gasteiger partial charge in [-0.1, -0.05) is 195 Å². The Morgan fingerprint density at radius 3 is 0.812 bits per heavy atom. The van der Waals surface area contributed by atoms with Gasteiger partial charge in [0.1, 0.15) is 9.79 Å². The molecular formula is C100H152Cl3N9O14S7. The van der Waals surface area contributed by atoms with E-state index in [1.165, 1.54) is 17.2 Å². The quantitative estimate of drug-likeness (QED) is 0.0212. The van der Waals surface area contributed by atoms with Gasteiger partial charge in [-0.25, -0.2) is 92.0 Å². The first-order valence-electron chi connectivity index (χ1n) is 45.3. The van der Waals surface area contributed by atoms with Crippen molar-refractivity contribution in [2.24, 2.45) is 0 Å². The largest absolute Gasteiger partial charge is 0.264 e. The summed E-state index contributed by atoms with van der Waals surface area (Å²) in [4.78, 5) is 9.97. The lowest BCUT2D eigenvalue weighted by Gasteiger charge is -2.25. The molecule has 9 rings (SSSR count). The lowest BCUT2D eigenvalue weighted by atomic mass is 9.97. The number of fused-ring (bicyclic) bond motifs is 2. The van der Waals surface area contributed by atoms with E-state index in [0.29, 0.717) is 93.8 Å². The van der Waals surface area contributed by atoms with Crippen LogP contribution in [-0.4, -0.2) is 110 Å². The van der Waals surface area contributed by atoms with Gasteiger partial charge in [-0.3, -0.25) is 9.97 Å². The van der Waals surface area contributed by atoms with Gasteiger partial charge in [0.05, 0.1) is 34.5 Å². The highest BCUT2D eigenvalue weighted by Gasteiger charge is 2.32. The summed E-state index contributed by atoms with van der Waals surface area (Å²) in [6.45, 7) is 68.2. The third kappa shape index (κ3) is 35.8. The van der Waals surface area contributed by atoms with Gasteiger partial charge >= 0.3 is 0 Å². The van der Waals surface area contributed by atoms with Crippen molar-refractivity contribution in [1.82, 2.24) is 43.0 Å². The van der Waals surface area contributed by atoms with Crippen LogP contribution in [0.25, 0.3) is 21.5 Å². The minimum absolute atomic E-state index is 0.0925. The molecule has 0 spiro atoms. The fourth-order valence-corrected chi connectivity index (χ4v) is 25.6. The molecule has 0 aliphatic heterocycles. The van der Waals surface area contributed by atoms with Crippen molar-refractivity contribution in [3.63, 3.8) is 0 Å². The van der Waals surface area contributed by atoms with Crippen LogP contribution in [0.1, 0.15) is 337 Å². The molecule has 2 aromatic heterocycles. The molecule has 133 heavy (non-hydrogen) atoms. The highest BCUT2D eigenvalue weighted by molar-refractivity contribution is 7.91. The van der Waals surface area contributed by atoms with Crippen molar-refractivity contribution < 1.29 is 58.9 Å². The second-order valence-corrected chi connectivity index (χ2v) is 51.7. The summed E-state index contributed by atoms with van der Waals surface area (Å²) in [5.41, 5.74) is 10.0. The molecule has 0 fully saturated rings. The zero-order valence-electron chi connectivity index (χ0n) is 84.9. The maximum atomic E-state index is 12.8. The Labute approximate surface area is 816 Å². The molecule has 7 aromatic carbocycles. The van der Waals surface area contributed by atoms with Crippen molar-refractivity contribution in [1.29, 1.82) is 0 Å². The van der Waals surface area contributed by atoms with Gasteiger partial charge in [0.2, 0.25) is 70.2 Å². The van der Waals surface area contributed by atoms with Gasteiger partial charge in [0.15, 0.2) is 0 Å². The number of aromatic nitrogens is 2. The minimum Gasteiger partial charge on any atom is -0.264 e. The van der Waals surface area contributed by atoms with Crippen molar-refractivity contribution in [2.45, 2.75) is 378 Å². The van der Waals surface area contributed by atoms with Gasteiger partial charge < -0.3 is 0 Å². The monoisotopic (exact) mass is 2030 g/mol. The molecule has 0 saturated carbocycles. The number of hydrogen-bond donors (Lipinski definition) is 7. The second kappa shape index (κ2) is 50.4. The van der Waals surface area contributed by atoms with E-state index in [1.807, 2.05) is 166 Å². The average Bonchev–Trinajstić information content (AvgIpc) is 0.770. The Hall–Kier alpha value is -6.40. The molecular weight excluding hydrogens is 1880 g/mol. The van der Waals surface area contributed by atoms with Gasteiger partial charge in [0.25, 0.3) is 0 Å². The summed E-state index contributed by atoms with van der Waals surface area (Å²) in [5, 5.41) is 4.36. The van der Waals surface area contributed by atoms with Crippen LogP contribution >= 0.6 is 34.8 Å². The van der Waals surface area contributed by atoms with Gasteiger partial charge in [-0.05, 0) is 330 Å². The number of pyridine rings is 2. The molecule has 744 valence electrons. The van der Waals surface area contributed by atoms with Gasteiger partial charge in [-0.15, -0.1) is 0 Å². The molecule has 0 bridgehead atoms. The van der Waals surface area contributed by atoms with Crippen molar-refractivity contribution >= 4 is 127 Å². The lowest BCUT2D eigenvalue weighted by molar-refractivity contribution is 0.438. The summed E-state index contributed by atoms with van der Waals surface area (Å²) in [5.74, 6) is 2.36. The second-order valence-electron chi connectivity index (χ2n) is 38.8. The molecule has 0 atom stereocenters. The fourth-order valence-electron chi connectivity index (χ4n) is 13.9. The number of halogens is 3. The zero-order valence-corrected chi connectivity index (χ0v) is 92.8. The Morgan fingerprint density at radius 1 is 0.278 bits per heavy atom. The van der Waals surface area contributed by atoms with E-state index in [-0.39, 0.29) is 44.8 Å². The summed E-state index contributed by atoms with van der Waals surface area (Å²) in [6, 6.07) is 32.8. The molecule has 0 saturated heterocycles. The molecule has 0 aliphatic carbocycles. The molecule has 33 heteroatoms. The van der Waals surface area contributed by atoms with Crippen molar-refractivity contribution in [2.75, 3.05) is 0 Å². The van der Waals surface area contributed by atoms with E-state index in [4.69, 9.17) is 34.8 Å². The van der Waals surface area contributed by atoms with Crippen LogP contribution in [-0.2, 0) is 70.2 Å². The van der Waals surface area contributed by atoms with Crippen LogP contribution in [0.3, 0.4) is 0 Å². The first-order chi connectivity index (χ1) is 60.7. The maximum absolute atomic E-state index is 12.8. The Balaban J connectivity index is 0.000000400. The molecule has 0 unspecified atom stereocenters. The van der Waals surface area contributed by atoms with Crippen LogP contribution < -0.4 is 33.1 Å². The van der Waals surface area contributed by atoms with E-state index < -0.39 is 86.8 Å². The summed E-state index contributed by atoms with van der Waals surface area (Å²) in [7, 11) is -24.5. The number of aryl methyl sites for hydroxylation is 2. The summed E-state index contributed by atoms with van der Waals surface area (Å²) < 4.78 is 190. The molecule has 0 aliphatic rings. The van der Waals surface area contributed by atoms with Crippen molar-refractivity contribution in [3.05, 3.63) is 216 Å². The van der Waals surface area contributed by atoms with Crippen LogP contribution in [0.2, 0.25) is 15.1 Å². The lowest BCUT2D eigenvalue weighted by Crippen LogP contribution is -2.42. The van der Waals surface area contributed by atoms with Crippen LogP contribution in [0.15, 0.2) is 174 Å². The maximum Gasteiger partial charge on any atom is 0.242 e. The highest BCUT2D eigenvalue weighted by Crippen LogP contribution is 2.37. The third-order valence-corrected chi connectivity index (χ3v) is 35.2. The van der Waals surface area contributed by atoms with Gasteiger partial charge in [0, 0.05) is 81.4 Å². The van der Waals surface area contributed by atoms with E-state index in [0.717, 1.165) is 67.3 Å². The molecule has 0 amide bonds. The number of nitrogens with zero attached hydrogens (tertiary/aromatic N) is 2. The van der Waals surface area contributed by atoms with Crippen molar-refractivity contribution in [3.8, 4) is 0 Å². The normalized spacial score (nSPS) is 12.7. The zero-order chi connectivity index (χ0) is 103. The van der Waals surface area contributed by atoms with Crippen LogP contribution in [0.5, 0.6) is 0 Å². The summed E-state index contributed by atoms with van der Waals surface area (Å²) >= 11 is 18.5. The molecule has 0 radical (unpaired) electrons. The molecule has 2 heterocycles. The van der Waals surface area contributed by atoms with E-state index >= 15 is 0 Å². The van der Waals surface area contributed by atoms with Crippen LogP contribution in [0.4, 0.5) is 0 Å². The average molecular weight is 2040 g/mol. The SMILES string of the molecule is CC(C)NS(=O)(=O)c1ccc(C(C)C)c(Cl)c1.CC(C)NS(=O)(=O)c1ccc(C(C)C)c2ccncc12.CCC(C)(C)NS(=O)(=O)c1ccc(C(C)C)c(C)c1.CCC(C)(C)NS(=O)(=O)c1ccc(C(C)C)c(C)c1Cl.CCC(C)(C)NS(=O)(=O)c1ccc(C(C)C)c2ccncc12.Cc1c(C(C)C)ccc(S(=O)(=O)NC(C)C)c1Cl.Cc1cc(S(=O)(=O)NC(C)C)ccc1C(C)C. The summed E-state index contributed by atoms with van der Waals surface area (Å²) in [6.07, 6.45) is 8.81. The Bertz CT molecular complexity index is 6190. The number of hydrogen-bond acceptors (Lipinski definition) is 16. The van der Waals surface area contributed by atoms with E-state index in [1.54, 1.807) is 127 Å². The molecule has 23 nitrogen and oxygen atoms in total. The number of benzene rings is 7. The standard InChI is InChI=1S/C17H24N2O2S.C15H24ClNO2S.C15H20N2O2S.C15H25NO2S.C13H20ClNO2S.C13H21NO2S.C12H18ClNO2S/c1-6-17(4,5)19-22(20,21)16-8-7-13(12(2)3)14-9-10-18-11-15(14)16;1-7-15(5,6)17-20(18,19)13-9-8-12(10(2)3)11(4)14(13)16;1-10(2)12-5-6-15(20(18,19)17-11(3)4)14-9-16-8-7-13(12)14;1-7-15(5,6)16-19(17,18)13-8-9-14(11(2)3)12(4)10-13;1-8(2)11-6-7-12(13(14)10(11)5)18(16,17)15-9(3)4;1-9(2)13-7-6-12(8-11(13)5)17(15,16)14-10(3)4;1-8(2)11-6-5-10(7-12(11)13)17(15,16)14-9(3)4/h7-12,19H,6H2,1-5H3;8-10,17H,7H2,1-6H3;5-11,17H,1-4H3;8-11,16H,7H2,1-6H3;6-9,15H,1-5H3;6-10,14H,1-5H3;5-9,14H,1-4H3. The molecule has 9 aromatic rings. The van der Waals surface area contributed by atoms with Gasteiger partial charge in [-0.2, -0.15) is 0 Å². The topological polar surface area (TPSA) is 349 Å². The predicted molar refractivity (Wildman–Crippen MR) is 554 cm³/mol. The number of nitrogens with one attached hydrogen (secondary N) is 7. The first-order valence-corrected chi connectivity index (χ1v) is 56.8. The molecule has 7 N–H and O–H groups in total. The minimum atomic E-state index is -3.61. The van der Waals surface area contributed by atoms with E-state index in [2.05, 4.69) is 126 Å². The highest BCUT2D eigenvalue weighted by atomic mass is 35.5. The fraction of sp³-hybridized carbons (Fsp3) is 0.520. The van der Waals surface area contributed by atoms with E-state index in [9.17, 15) is 58.9 Å².